The Bertz CT molecular complexity index is 962. The molecular formula is C20H19N3O6. The van der Waals surface area contributed by atoms with Gasteiger partial charge < -0.3 is 19.9 Å². The Hall–Kier alpha value is -4.01. The summed E-state index contributed by atoms with van der Waals surface area (Å²) < 4.78 is 15.9. The fourth-order valence-electron chi connectivity index (χ4n) is 2.75. The van der Waals surface area contributed by atoms with Crippen LogP contribution in [0.1, 0.15) is 5.56 Å². The van der Waals surface area contributed by atoms with Gasteiger partial charge in [-0.1, -0.05) is 18.2 Å². The number of anilines is 1. The second-order valence-electron chi connectivity index (χ2n) is 5.98. The third kappa shape index (κ3) is 4.13. The van der Waals surface area contributed by atoms with Crippen molar-refractivity contribution < 1.29 is 28.6 Å². The smallest absolute Gasteiger partial charge is 0.282 e. The molecule has 29 heavy (non-hydrogen) atoms. The lowest BCUT2D eigenvalue weighted by atomic mass is 10.1. The highest BCUT2D eigenvalue weighted by atomic mass is 16.5. The van der Waals surface area contributed by atoms with Crippen LogP contribution in [0, 0.1) is 0 Å². The summed E-state index contributed by atoms with van der Waals surface area (Å²) in [5.41, 5.74) is 8.60. The standard InChI is InChI=1S/C20H19N3O6/c1-27-15-9-12(10-16(28-2)18(15)29-11-17(21)24)8-14-19(25)22-23(20(14)26)13-6-4-3-5-7-13/h3-10H,11H2,1-2H3,(H2,21,24)(H,22,25). The Morgan fingerprint density at radius 2 is 1.72 bits per heavy atom. The molecule has 1 fully saturated rings. The molecule has 0 aliphatic carbocycles. The van der Waals surface area contributed by atoms with E-state index < -0.39 is 17.7 Å². The van der Waals surface area contributed by atoms with Crippen molar-refractivity contribution >= 4 is 29.5 Å². The first-order valence-corrected chi connectivity index (χ1v) is 8.54. The summed E-state index contributed by atoms with van der Waals surface area (Å²) in [5, 5.41) is 1.17. The normalized spacial score (nSPS) is 14.7. The van der Waals surface area contributed by atoms with Gasteiger partial charge in [0.15, 0.2) is 18.1 Å². The molecule has 0 aromatic heterocycles. The molecule has 150 valence electrons. The third-order valence-corrected chi connectivity index (χ3v) is 4.06. The van der Waals surface area contributed by atoms with Crippen molar-refractivity contribution in [3.05, 3.63) is 53.6 Å². The van der Waals surface area contributed by atoms with Gasteiger partial charge in [0.05, 0.1) is 19.9 Å². The van der Waals surface area contributed by atoms with Crippen LogP contribution in [-0.4, -0.2) is 38.5 Å². The van der Waals surface area contributed by atoms with Gasteiger partial charge in [-0.25, -0.2) is 5.01 Å². The van der Waals surface area contributed by atoms with Crippen LogP contribution in [0.25, 0.3) is 6.08 Å². The summed E-state index contributed by atoms with van der Waals surface area (Å²) in [6.45, 7) is -0.361. The second kappa shape index (κ2) is 8.34. The molecule has 0 atom stereocenters. The number of primary amides is 1. The van der Waals surface area contributed by atoms with E-state index in [1.54, 1.807) is 36.4 Å². The zero-order chi connectivity index (χ0) is 21.0. The van der Waals surface area contributed by atoms with Crippen molar-refractivity contribution in [1.29, 1.82) is 0 Å². The van der Waals surface area contributed by atoms with Gasteiger partial charge in [-0.05, 0) is 35.9 Å². The number of carbonyl (C=O) groups excluding carboxylic acids is 3. The number of para-hydroxylation sites is 1. The number of nitrogens with one attached hydrogen (secondary N) is 1. The van der Waals surface area contributed by atoms with Gasteiger partial charge in [-0.2, -0.15) is 0 Å². The number of amides is 3. The Morgan fingerprint density at radius 3 is 2.28 bits per heavy atom. The molecule has 1 aliphatic rings. The maximum Gasteiger partial charge on any atom is 0.282 e. The fourth-order valence-corrected chi connectivity index (χ4v) is 2.75. The number of hydrogen-bond acceptors (Lipinski definition) is 6. The predicted molar refractivity (Wildman–Crippen MR) is 104 cm³/mol. The SMILES string of the molecule is COc1cc(C=C2C(=O)NN(c3ccccc3)C2=O)cc(OC)c1OCC(N)=O. The number of hydrogen-bond donors (Lipinski definition) is 2. The molecule has 1 heterocycles. The molecule has 9 heteroatoms. The van der Waals surface area contributed by atoms with Crippen LogP contribution in [0.15, 0.2) is 48.0 Å². The Labute approximate surface area is 166 Å². The van der Waals surface area contributed by atoms with Crippen LogP contribution < -0.4 is 30.4 Å². The molecule has 0 bridgehead atoms. The summed E-state index contributed by atoms with van der Waals surface area (Å²) in [4.78, 5) is 36.1. The number of hydrazine groups is 1. The number of rotatable bonds is 7. The summed E-state index contributed by atoms with van der Waals surface area (Å²) in [5.74, 6) is -0.996. The minimum atomic E-state index is -0.658. The highest BCUT2D eigenvalue weighted by molar-refractivity contribution is 6.31. The van der Waals surface area contributed by atoms with Crippen molar-refractivity contribution in [2.45, 2.75) is 0 Å². The third-order valence-electron chi connectivity index (χ3n) is 4.06. The number of benzene rings is 2. The Balaban J connectivity index is 1.96. The monoisotopic (exact) mass is 397 g/mol. The molecule has 3 N–H and O–H groups in total. The topological polar surface area (TPSA) is 120 Å². The van der Waals surface area contributed by atoms with E-state index in [1.807, 2.05) is 6.07 Å². The summed E-state index contributed by atoms with van der Waals surface area (Å²) in [7, 11) is 2.82. The molecule has 2 aromatic carbocycles. The molecule has 0 radical (unpaired) electrons. The molecule has 1 saturated heterocycles. The lowest BCUT2D eigenvalue weighted by molar-refractivity contribution is -0.120. The number of nitrogens with two attached hydrogens (primary N) is 1. The molecule has 0 spiro atoms. The average molecular weight is 397 g/mol. The quantitative estimate of drug-likeness (QED) is 0.532. The van der Waals surface area contributed by atoms with Gasteiger partial charge in [0.2, 0.25) is 5.75 Å². The van der Waals surface area contributed by atoms with E-state index in [9.17, 15) is 14.4 Å². The molecule has 9 nitrogen and oxygen atoms in total. The Kier molecular flexibility index (Phi) is 5.68. The van der Waals surface area contributed by atoms with Crippen molar-refractivity contribution in [3.63, 3.8) is 0 Å². The number of carbonyl (C=O) groups is 3. The van der Waals surface area contributed by atoms with Crippen LogP contribution >= 0.6 is 0 Å². The summed E-state index contributed by atoms with van der Waals surface area (Å²) in [6.07, 6.45) is 1.42. The van der Waals surface area contributed by atoms with E-state index in [1.165, 1.54) is 25.3 Å². The van der Waals surface area contributed by atoms with Crippen molar-refractivity contribution in [2.75, 3.05) is 25.8 Å². The van der Waals surface area contributed by atoms with Crippen LogP contribution in [0.2, 0.25) is 0 Å². The number of ether oxygens (including phenoxy) is 3. The fraction of sp³-hybridized carbons (Fsp3) is 0.150. The van der Waals surface area contributed by atoms with Gasteiger partial charge in [-0.15, -0.1) is 0 Å². The maximum absolute atomic E-state index is 12.7. The molecule has 0 unspecified atom stereocenters. The second-order valence-corrected chi connectivity index (χ2v) is 5.98. The van der Waals surface area contributed by atoms with Gasteiger partial charge in [0.1, 0.15) is 5.57 Å². The van der Waals surface area contributed by atoms with E-state index in [-0.39, 0.29) is 29.4 Å². The van der Waals surface area contributed by atoms with Crippen LogP contribution in [0.3, 0.4) is 0 Å². The number of methoxy groups -OCH3 is 2. The van der Waals surface area contributed by atoms with E-state index >= 15 is 0 Å². The summed E-state index contributed by atoms with van der Waals surface area (Å²) >= 11 is 0. The molecule has 2 aromatic rings. The highest BCUT2D eigenvalue weighted by Gasteiger charge is 2.34. The Morgan fingerprint density at radius 1 is 1.10 bits per heavy atom. The van der Waals surface area contributed by atoms with Gasteiger partial charge >= 0.3 is 0 Å². The first-order chi connectivity index (χ1) is 13.9. The van der Waals surface area contributed by atoms with Crippen molar-refractivity contribution in [2.24, 2.45) is 5.73 Å². The van der Waals surface area contributed by atoms with E-state index in [0.29, 0.717) is 11.3 Å². The first-order valence-electron chi connectivity index (χ1n) is 8.54. The minimum Gasteiger partial charge on any atom is -0.493 e. The minimum absolute atomic E-state index is 0.0521. The average Bonchev–Trinajstić information content (AvgIpc) is 3.00. The maximum atomic E-state index is 12.7. The van der Waals surface area contributed by atoms with Crippen LogP contribution in [0.5, 0.6) is 17.2 Å². The first kappa shape index (κ1) is 19.7. The van der Waals surface area contributed by atoms with E-state index in [0.717, 1.165) is 0 Å². The van der Waals surface area contributed by atoms with E-state index in [4.69, 9.17) is 19.9 Å². The lowest BCUT2D eigenvalue weighted by Crippen LogP contribution is -2.35. The lowest BCUT2D eigenvalue weighted by Gasteiger charge is -2.15. The molecule has 0 saturated carbocycles. The van der Waals surface area contributed by atoms with Crippen molar-refractivity contribution in [3.8, 4) is 17.2 Å². The van der Waals surface area contributed by atoms with Gasteiger partial charge in [-0.3, -0.25) is 19.8 Å². The molecule has 1 aliphatic heterocycles. The molecule has 3 amide bonds. The summed E-state index contributed by atoms with van der Waals surface area (Å²) in [6, 6.07) is 11.8. The largest absolute Gasteiger partial charge is 0.493 e. The van der Waals surface area contributed by atoms with Crippen LogP contribution in [-0.2, 0) is 14.4 Å². The predicted octanol–water partition coefficient (Wildman–Crippen LogP) is 1.03. The van der Waals surface area contributed by atoms with E-state index in [2.05, 4.69) is 5.43 Å². The van der Waals surface area contributed by atoms with Gasteiger partial charge in [0, 0.05) is 0 Å². The molecule has 3 rings (SSSR count). The zero-order valence-corrected chi connectivity index (χ0v) is 15.8. The zero-order valence-electron chi connectivity index (χ0n) is 15.8. The van der Waals surface area contributed by atoms with Crippen molar-refractivity contribution in [1.82, 2.24) is 5.43 Å². The van der Waals surface area contributed by atoms with Crippen LogP contribution in [0.4, 0.5) is 5.69 Å². The molecular weight excluding hydrogens is 378 g/mol. The highest BCUT2D eigenvalue weighted by Crippen LogP contribution is 2.39. The number of nitrogens with zero attached hydrogens (tertiary/aromatic N) is 1. The van der Waals surface area contributed by atoms with Gasteiger partial charge in [0.25, 0.3) is 17.7 Å².